The van der Waals surface area contributed by atoms with Gasteiger partial charge in [-0.2, -0.15) is 0 Å². The van der Waals surface area contributed by atoms with E-state index in [4.69, 9.17) is 9.47 Å². The Bertz CT molecular complexity index is 862. The Labute approximate surface area is 170 Å². The smallest absolute Gasteiger partial charge is 0.306 e. The van der Waals surface area contributed by atoms with E-state index in [-0.39, 0.29) is 18.7 Å². The Morgan fingerprint density at radius 1 is 0.897 bits per heavy atom. The molecule has 2 aromatic carbocycles. The topological polar surface area (TPSA) is 93.7 Å². The van der Waals surface area contributed by atoms with Gasteiger partial charge in [-0.25, -0.2) is 0 Å². The van der Waals surface area contributed by atoms with Crippen molar-refractivity contribution < 1.29 is 23.9 Å². The number of esters is 1. The Balaban J connectivity index is 1.70. The van der Waals surface area contributed by atoms with Crippen molar-refractivity contribution in [3.05, 3.63) is 53.6 Å². The number of hydrogen-bond donors (Lipinski definition) is 2. The highest BCUT2D eigenvalue weighted by Gasteiger charge is 2.12. The van der Waals surface area contributed by atoms with Crippen LogP contribution in [-0.4, -0.2) is 31.0 Å². The summed E-state index contributed by atoms with van der Waals surface area (Å²) in [6, 6.07) is 12.6. The van der Waals surface area contributed by atoms with Gasteiger partial charge in [0.15, 0.2) is 6.61 Å². The van der Waals surface area contributed by atoms with Crippen LogP contribution in [0.1, 0.15) is 30.9 Å². The predicted molar refractivity (Wildman–Crippen MR) is 111 cm³/mol. The molecule has 154 valence electrons. The second-order valence-corrected chi connectivity index (χ2v) is 6.53. The number of aryl methyl sites for hydroxylation is 2. The average molecular weight is 398 g/mol. The van der Waals surface area contributed by atoms with Gasteiger partial charge in [0, 0.05) is 17.8 Å². The molecule has 0 aliphatic carbocycles. The first-order valence-electron chi connectivity index (χ1n) is 9.43. The van der Waals surface area contributed by atoms with Crippen molar-refractivity contribution in [3.8, 4) is 5.75 Å². The third-order valence-electron chi connectivity index (χ3n) is 4.04. The van der Waals surface area contributed by atoms with Gasteiger partial charge < -0.3 is 20.1 Å². The highest BCUT2D eigenvalue weighted by molar-refractivity contribution is 5.94. The molecule has 0 radical (unpaired) electrons. The number of anilines is 2. The van der Waals surface area contributed by atoms with Gasteiger partial charge >= 0.3 is 5.97 Å². The van der Waals surface area contributed by atoms with Crippen LogP contribution >= 0.6 is 0 Å². The van der Waals surface area contributed by atoms with Crippen molar-refractivity contribution in [2.24, 2.45) is 0 Å². The lowest BCUT2D eigenvalue weighted by molar-refractivity contribution is -0.147. The number of ether oxygens (including phenoxy) is 2. The normalized spacial score (nSPS) is 10.2. The zero-order chi connectivity index (χ0) is 21.2. The molecule has 0 saturated heterocycles. The van der Waals surface area contributed by atoms with E-state index in [0.29, 0.717) is 18.0 Å². The lowest BCUT2D eigenvalue weighted by Gasteiger charge is -2.10. The first-order valence-corrected chi connectivity index (χ1v) is 9.43. The summed E-state index contributed by atoms with van der Waals surface area (Å²) in [5.74, 6) is -0.643. The fourth-order valence-electron chi connectivity index (χ4n) is 2.52. The zero-order valence-corrected chi connectivity index (χ0v) is 16.9. The molecule has 0 fully saturated rings. The molecule has 0 aromatic heterocycles. The molecular formula is C22H26N2O5. The molecule has 0 bridgehead atoms. The maximum Gasteiger partial charge on any atom is 0.306 e. The average Bonchev–Trinajstić information content (AvgIpc) is 2.69. The molecule has 0 saturated carbocycles. The molecule has 0 heterocycles. The monoisotopic (exact) mass is 398 g/mol. The van der Waals surface area contributed by atoms with Crippen LogP contribution in [-0.2, 0) is 19.1 Å². The van der Waals surface area contributed by atoms with Crippen LogP contribution < -0.4 is 15.4 Å². The van der Waals surface area contributed by atoms with Gasteiger partial charge in [0.25, 0.3) is 5.91 Å². The second-order valence-electron chi connectivity index (χ2n) is 6.53. The lowest BCUT2D eigenvalue weighted by Crippen LogP contribution is -2.21. The minimum atomic E-state index is -0.608. The van der Waals surface area contributed by atoms with Crippen LogP contribution in [0.3, 0.4) is 0 Å². The SMILES string of the molecule is CCOc1ccc(NC(=O)COC(=O)CCC(=O)Nc2cc(C)ccc2C)cc1. The van der Waals surface area contributed by atoms with Gasteiger partial charge in [0.2, 0.25) is 5.91 Å². The lowest BCUT2D eigenvalue weighted by atomic mass is 10.1. The highest BCUT2D eigenvalue weighted by Crippen LogP contribution is 2.17. The summed E-state index contributed by atoms with van der Waals surface area (Å²) in [7, 11) is 0. The van der Waals surface area contributed by atoms with Gasteiger partial charge in [-0.1, -0.05) is 12.1 Å². The minimum Gasteiger partial charge on any atom is -0.494 e. The van der Waals surface area contributed by atoms with Crippen LogP contribution in [0.2, 0.25) is 0 Å². The quantitative estimate of drug-likeness (QED) is 0.630. The standard InChI is InChI=1S/C22H26N2O5/c1-4-28-18-9-7-17(8-10-18)23-21(26)14-29-22(27)12-11-20(25)24-19-13-15(2)5-6-16(19)3/h5-10,13H,4,11-12,14H2,1-3H3,(H,23,26)(H,24,25). The second kappa shape index (κ2) is 10.8. The van der Waals surface area contributed by atoms with Crippen LogP contribution in [0.5, 0.6) is 5.75 Å². The van der Waals surface area contributed by atoms with Crippen molar-refractivity contribution in [2.45, 2.75) is 33.6 Å². The van der Waals surface area contributed by atoms with E-state index in [1.807, 2.05) is 39.0 Å². The summed E-state index contributed by atoms with van der Waals surface area (Å²) in [5, 5.41) is 5.41. The summed E-state index contributed by atoms with van der Waals surface area (Å²) < 4.78 is 10.3. The van der Waals surface area contributed by atoms with Crippen LogP contribution in [0, 0.1) is 13.8 Å². The highest BCUT2D eigenvalue weighted by atomic mass is 16.5. The van der Waals surface area contributed by atoms with Crippen molar-refractivity contribution in [1.82, 2.24) is 0 Å². The third-order valence-corrected chi connectivity index (χ3v) is 4.04. The van der Waals surface area contributed by atoms with Crippen LogP contribution in [0.4, 0.5) is 11.4 Å². The molecule has 7 nitrogen and oxygen atoms in total. The fourth-order valence-corrected chi connectivity index (χ4v) is 2.52. The molecule has 7 heteroatoms. The number of rotatable bonds is 9. The molecule has 2 aromatic rings. The Morgan fingerprint density at radius 2 is 1.62 bits per heavy atom. The molecule has 0 aliphatic rings. The maximum atomic E-state index is 12.0. The number of nitrogens with one attached hydrogen (secondary N) is 2. The van der Waals surface area contributed by atoms with E-state index < -0.39 is 18.5 Å². The van der Waals surface area contributed by atoms with Crippen molar-refractivity contribution >= 4 is 29.2 Å². The molecule has 0 atom stereocenters. The first-order chi connectivity index (χ1) is 13.9. The van der Waals surface area contributed by atoms with Crippen molar-refractivity contribution in [2.75, 3.05) is 23.8 Å². The summed E-state index contributed by atoms with van der Waals surface area (Å²) in [5.41, 5.74) is 3.27. The molecule has 29 heavy (non-hydrogen) atoms. The molecular weight excluding hydrogens is 372 g/mol. The molecule has 2 rings (SSSR count). The predicted octanol–water partition coefficient (Wildman–Crippen LogP) is 3.60. The molecule has 0 unspecified atom stereocenters. The third kappa shape index (κ3) is 7.65. The Morgan fingerprint density at radius 3 is 2.31 bits per heavy atom. The van der Waals surface area contributed by atoms with Crippen molar-refractivity contribution in [1.29, 1.82) is 0 Å². The van der Waals surface area contributed by atoms with Crippen LogP contribution in [0.25, 0.3) is 0 Å². The summed E-state index contributed by atoms with van der Waals surface area (Å²) in [6.45, 7) is 5.86. The maximum absolute atomic E-state index is 12.0. The number of amides is 2. The molecule has 2 N–H and O–H groups in total. The Kier molecular flexibility index (Phi) is 8.21. The van der Waals surface area contributed by atoms with E-state index in [9.17, 15) is 14.4 Å². The van der Waals surface area contributed by atoms with Gasteiger partial charge in [0.1, 0.15) is 5.75 Å². The summed E-state index contributed by atoms with van der Waals surface area (Å²) in [6.07, 6.45) is -0.125. The van der Waals surface area contributed by atoms with E-state index in [1.54, 1.807) is 24.3 Å². The van der Waals surface area contributed by atoms with E-state index in [2.05, 4.69) is 10.6 Å². The van der Waals surface area contributed by atoms with Crippen LogP contribution in [0.15, 0.2) is 42.5 Å². The first kappa shape index (κ1) is 21.9. The Hall–Kier alpha value is -3.35. The van der Waals surface area contributed by atoms with E-state index in [0.717, 1.165) is 16.8 Å². The van der Waals surface area contributed by atoms with Crippen molar-refractivity contribution in [3.63, 3.8) is 0 Å². The number of benzene rings is 2. The number of carbonyl (C=O) groups is 3. The molecule has 0 spiro atoms. The summed E-state index contributed by atoms with van der Waals surface area (Å²) >= 11 is 0. The molecule has 0 aliphatic heterocycles. The van der Waals surface area contributed by atoms with Gasteiger partial charge in [-0.05, 0) is 62.2 Å². The van der Waals surface area contributed by atoms with E-state index >= 15 is 0 Å². The number of carbonyl (C=O) groups excluding carboxylic acids is 3. The fraction of sp³-hybridized carbons (Fsp3) is 0.318. The largest absolute Gasteiger partial charge is 0.494 e. The minimum absolute atomic E-state index is 0.0211. The number of hydrogen-bond acceptors (Lipinski definition) is 5. The van der Waals surface area contributed by atoms with Gasteiger partial charge in [-0.3, -0.25) is 14.4 Å². The van der Waals surface area contributed by atoms with Gasteiger partial charge in [0.05, 0.1) is 13.0 Å². The zero-order valence-electron chi connectivity index (χ0n) is 16.9. The molecule has 2 amide bonds. The summed E-state index contributed by atoms with van der Waals surface area (Å²) in [4.78, 5) is 35.7. The van der Waals surface area contributed by atoms with E-state index in [1.165, 1.54) is 0 Å². The van der Waals surface area contributed by atoms with Gasteiger partial charge in [-0.15, -0.1) is 0 Å².